The Balaban J connectivity index is 0.954. The van der Waals surface area contributed by atoms with Gasteiger partial charge in [-0.2, -0.15) is 0 Å². The Morgan fingerprint density at radius 1 is 0.887 bits per heavy atom. The van der Waals surface area contributed by atoms with Crippen molar-refractivity contribution < 1.29 is 19.1 Å². The minimum atomic E-state index is -0.279. The summed E-state index contributed by atoms with van der Waals surface area (Å²) in [5.74, 6) is 1.08. The molecule has 5 aliphatic heterocycles. The number of esters is 2. The quantitative estimate of drug-likeness (QED) is 0.0468. The Morgan fingerprint density at radius 3 is 2.36 bits per heavy atom. The number of unbranched alkanes of at least 4 members (excludes halogenated alkanes) is 11. The second kappa shape index (κ2) is 20.8. The number of carbonyl (C=O) groups is 2. The summed E-state index contributed by atoms with van der Waals surface area (Å²) in [6, 6.07) is 0.880. The molecule has 3 saturated heterocycles. The lowest BCUT2D eigenvalue weighted by Gasteiger charge is -2.46. The smallest absolute Gasteiger partial charge is 0.337 e. The molecule has 5 rings (SSSR count). The molecule has 5 aliphatic rings. The Bertz CT molecular complexity index is 1330. The second-order valence-electron chi connectivity index (χ2n) is 15.9. The molecular formula is C40H69N9O4. The molecule has 53 heavy (non-hydrogen) atoms. The molecule has 6 unspecified atom stereocenters. The highest BCUT2D eigenvalue weighted by Crippen LogP contribution is 2.40. The van der Waals surface area contributed by atoms with Crippen molar-refractivity contribution in [2.45, 2.75) is 179 Å². The van der Waals surface area contributed by atoms with Gasteiger partial charge >= 0.3 is 11.9 Å². The fraction of sp³-hybridized carbons (Fsp3) is 0.825. The Labute approximate surface area is 318 Å². The number of nitrogens with two attached hydrogens (primary N) is 3. The van der Waals surface area contributed by atoms with E-state index in [9.17, 15) is 9.59 Å². The summed E-state index contributed by atoms with van der Waals surface area (Å²) in [5.41, 5.74) is 18.7. The van der Waals surface area contributed by atoms with Gasteiger partial charge in [-0.05, 0) is 71.1 Å². The van der Waals surface area contributed by atoms with Gasteiger partial charge in [0.25, 0.3) is 0 Å². The maximum atomic E-state index is 13.4. The average molecular weight is 740 g/mol. The molecule has 6 atom stereocenters. The molecule has 13 heteroatoms. The molecule has 0 amide bonds. The highest BCUT2D eigenvalue weighted by molar-refractivity contribution is 5.95. The first-order valence-corrected chi connectivity index (χ1v) is 21.1. The third-order valence-electron chi connectivity index (χ3n) is 11.9. The molecule has 0 saturated carbocycles. The van der Waals surface area contributed by atoms with Crippen molar-refractivity contribution in [3.05, 3.63) is 11.3 Å². The van der Waals surface area contributed by atoms with Crippen LogP contribution in [0.2, 0.25) is 0 Å². The summed E-state index contributed by atoms with van der Waals surface area (Å²) in [6.45, 7) is 6.47. The first kappa shape index (κ1) is 40.7. The van der Waals surface area contributed by atoms with E-state index in [4.69, 9.17) is 36.7 Å². The van der Waals surface area contributed by atoms with Crippen LogP contribution in [-0.2, 0) is 19.1 Å². The van der Waals surface area contributed by atoms with Gasteiger partial charge in [-0.15, -0.1) is 0 Å². The van der Waals surface area contributed by atoms with E-state index in [-0.39, 0.29) is 41.9 Å². The lowest BCUT2D eigenvalue weighted by molar-refractivity contribution is -0.151. The zero-order chi connectivity index (χ0) is 37.6. The first-order chi connectivity index (χ1) is 25.8. The number of nitrogens with one attached hydrogen (secondary N) is 1. The fourth-order valence-electron chi connectivity index (χ4n) is 9.12. The highest BCUT2D eigenvalue weighted by atomic mass is 16.5. The lowest BCUT2D eigenvalue weighted by atomic mass is 9.89. The van der Waals surface area contributed by atoms with Crippen molar-refractivity contribution in [3.63, 3.8) is 0 Å². The average Bonchev–Trinajstić information content (AvgIpc) is 3.79. The van der Waals surface area contributed by atoms with Gasteiger partial charge in [-0.1, -0.05) is 77.6 Å². The number of nitrogens with zero attached hydrogens (tertiary/aromatic N) is 5. The van der Waals surface area contributed by atoms with Crippen LogP contribution in [0, 0.1) is 5.92 Å². The molecule has 0 aromatic rings. The number of fused-ring (bicyclic) bond motifs is 1. The van der Waals surface area contributed by atoms with Crippen LogP contribution in [0.1, 0.15) is 149 Å². The summed E-state index contributed by atoms with van der Waals surface area (Å²) in [7, 11) is 0. The van der Waals surface area contributed by atoms with Gasteiger partial charge in [0, 0.05) is 36.9 Å². The summed E-state index contributed by atoms with van der Waals surface area (Å²) in [6.07, 6.45) is 22.4. The zero-order valence-electron chi connectivity index (χ0n) is 32.7. The van der Waals surface area contributed by atoms with Gasteiger partial charge in [0.15, 0.2) is 17.9 Å². The third kappa shape index (κ3) is 11.3. The van der Waals surface area contributed by atoms with E-state index in [0.717, 1.165) is 108 Å². The number of aliphatic imine (C=N–C) groups is 3. The molecule has 0 aromatic heterocycles. The topological polar surface area (TPSA) is 186 Å². The van der Waals surface area contributed by atoms with Crippen LogP contribution < -0.4 is 22.5 Å². The number of ether oxygens (including phenoxy) is 2. The number of hydrogen-bond acceptors (Lipinski definition) is 11. The predicted molar refractivity (Wildman–Crippen MR) is 211 cm³/mol. The van der Waals surface area contributed by atoms with E-state index in [1.54, 1.807) is 0 Å². The second-order valence-corrected chi connectivity index (χ2v) is 15.9. The maximum absolute atomic E-state index is 13.4. The van der Waals surface area contributed by atoms with Crippen LogP contribution in [0.3, 0.4) is 0 Å². The molecule has 0 aromatic carbocycles. The summed E-state index contributed by atoms with van der Waals surface area (Å²) in [5, 5.41) is 3.75. The van der Waals surface area contributed by atoms with Gasteiger partial charge in [0.05, 0.1) is 36.8 Å². The van der Waals surface area contributed by atoms with Crippen LogP contribution in [0.15, 0.2) is 26.2 Å². The van der Waals surface area contributed by atoms with E-state index in [0.29, 0.717) is 49.8 Å². The number of carbonyl (C=O) groups excluding carboxylic acids is 2. The van der Waals surface area contributed by atoms with E-state index < -0.39 is 0 Å². The van der Waals surface area contributed by atoms with Crippen molar-refractivity contribution in [1.29, 1.82) is 0 Å². The van der Waals surface area contributed by atoms with Crippen LogP contribution in [0.25, 0.3) is 0 Å². The van der Waals surface area contributed by atoms with E-state index in [2.05, 4.69) is 29.1 Å². The van der Waals surface area contributed by atoms with Gasteiger partial charge in [-0.3, -0.25) is 9.79 Å². The summed E-state index contributed by atoms with van der Waals surface area (Å²) < 4.78 is 11.6. The molecule has 0 aliphatic carbocycles. The molecule has 3 fully saturated rings. The van der Waals surface area contributed by atoms with E-state index in [1.165, 1.54) is 38.5 Å². The number of allylic oxidation sites excluding steroid dienone is 1. The molecule has 0 spiro atoms. The van der Waals surface area contributed by atoms with Crippen molar-refractivity contribution in [3.8, 4) is 0 Å². The molecule has 0 bridgehead atoms. The number of hydrogen-bond donors (Lipinski definition) is 4. The van der Waals surface area contributed by atoms with Crippen molar-refractivity contribution >= 4 is 29.8 Å². The largest absolute Gasteiger partial charge is 0.465 e. The molecule has 5 heterocycles. The van der Waals surface area contributed by atoms with Gasteiger partial charge in [0.1, 0.15) is 0 Å². The molecular weight excluding hydrogens is 670 g/mol. The number of rotatable bonds is 23. The first-order valence-electron chi connectivity index (χ1n) is 21.1. The van der Waals surface area contributed by atoms with E-state index >= 15 is 0 Å². The van der Waals surface area contributed by atoms with Crippen LogP contribution in [-0.4, -0.2) is 96.1 Å². The fourth-order valence-corrected chi connectivity index (χ4v) is 9.12. The predicted octanol–water partition coefficient (Wildman–Crippen LogP) is 5.22. The maximum Gasteiger partial charge on any atom is 0.337 e. The minimum absolute atomic E-state index is 0.0630. The van der Waals surface area contributed by atoms with Gasteiger partial charge in [-0.25, -0.2) is 14.8 Å². The Kier molecular flexibility index (Phi) is 16.0. The van der Waals surface area contributed by atoms with Gasteiger partial charge < -0.3 is 41.8 Å². The molecule has 7 N–H and O–H groups in total. The standard InChI is InChI=1S/C40H69N9O4/c1-3-4-5-9-12-18-29-27-30-21-22-33-34(28(2)45-40(46-29)49(30)33)36(50)52-25-15-11-8-6-7-10-13-19-31-35(32-20-17-24-48(32)39(43)47-31)37(51)53-26-16-14-23-44-38(41)42/h28-31,33-34H,3-27H2,1-2H3,(H2,43,47)(H,45,46)(H4,41,42,44). The van der Waals surface area contributed by atoms with Crippen LogP contribution >= 0.6 is 0 Å². The Morgan fingerprint density at radius 2 is 1.58 bits per heavy atom. The number of guanidine groups is 3. The Hall–Kier alpha value is -3.51. The minimum Gasteiger partial charge on any atom is -0.465 e. The summed E-state index contributed by atoms with van der Waals surface area (Å²) in [4.78, 5) is 44.7. The van der Waals surface area contributed by atoms with Crippen LogP contribution in [0.4, 0.5) is 0 Å². The molecule has 298 valence electrons. The highest BCUT2D eigenvalue weighted by Gasteiger charge is 2.51. The normalized spacial score (nSPS) is 26.0. The van der Waals surface area contributed by atoms with Crippen molar-refractivity contribution in [2.75, 3.05) is 26.3 Å². The van der Waals surface area contributed by atoms with E-state index in [1.807, 2.05) is 4.90 Å². The van der Waals surface area contributed by atoms with Crippen molar-refractivity contribution in [1.82, 2.24) is 15.1 Å². The summed E-state index contributed by atoms with van der Waals surface area (Å²) >= 11 is 0. The lowest BCUT2D eigenvalue weighted by Crippen LogP contribution is -2.63. The third-order valence-corrected chi connectivity index (χ3v) is 11.9. The van der Waals surface area contributed by atoms with Crippen LogP contribution in [0.5, 0.6) is 0 Å². The molecule has 0 radical (unpaired) electrons. The monoisotopic (exact) mass is 740 g/mol. The molecule has 13 nitrogen and oxygen atoms in total. The van der Waals surface area contributed by atoms with Gasteiger partial charge in [0.2, 0.25) is 0 Å². The van der Waals surface area contributed by atoms with Crippen molar-refractivity contribution in [2.24, 2.45) is 38.1 Å². The SMILES string of the molecule is CCCCCCCC1CC2CCC3C(C(=O)OCCCCCCCCCC4N=C(N)N5CCCC5=C4C(=O)OCCCCN=C(N)N)C(C)N=C(N1)N23. The zero-order valence-corrected chi connectivity index (χ0v) is 32.7.